The first kappa shape index (κ1) is 16.1. The molecule has 0 saturated heterocycles. The van der Waals surface area contributed by atoms with E-state index in [-0.39, 0.29) is 11.3 Å². The van der Waals surface area contributed by atoms with Gasteiger partial charge in [-0.3, -0.25) is 4.79 Å². The molecule has 0 radical (unpaired) electrons. The highest BCUT2D eigenvalue weighted by Crippen LogP contribution is 2.26. The average molecular weight is 322 g/mol. The molecule has 1 heterocycles. The van der Waals surface area contributed by atoms with Gasteiger partial charge in [0.15, 0.2) is 0 Å². The molecule has 0 atom stereocenters. The van der Waals surface area contributed by atoms with Crippen LogP contribution in [0.25, 0.3) is 10.9 Å². The Morgan fingerprint density at radius 3 is 2.42 bits per heavy atom. The quantitative estimate of drug-likeness (QED) is 0.732. The van der Waals surface area contributed by atoms with Crippen molar-refractivity contribution < 1.29 is 9.53 Å². The van der Waals surface area contributed by atoms with Crippen molar-refractivity contribution in [1.29, 1.82) is 0 Å². The third kappa shape index (κ3) is 3.13. The predicted molar refractivity (Wildman–Crippen MR) is 97.9 cm³/mol. The number of hydrogen-bond acceptors (Lipinski definition) is 2. The fourth-order valence-electron chi connectivity index (χ4n) is 2.67. The number of carbonyl (C=O) groups excluding carboxylic acids is 1. The molecule has 4 nitrogen and oxygen atoms in total. The number of carbonyl (C=O) groups is 1. The summed E-state index contributed by atoms with van der Waals surface area (Å²) in [5, 5.41) is 3.80. The molecule has 1 aromatic heterocycles. The van der Waals surface area contributed by atoms with E-state index in [0.29, 0.717) is 5.56 Å². The molecule has 0 bridgehead atoms. The van der Waals surface area contributed by atoms with Crippen LogP contribution in [-0.4, -0.2) is 18.0 Å². The van der Waals surface area contributed by atoms with Gasteiger partial charge in [0, 0.05) is 22.8 Å². The fourth-order valence-corrected chi connectivity index (χ4v) is 2.67. The molecular weight excluding hydrogens is 300 g/mol. The second-order valence-corrected chi connectivity index (χ2v) is 6.90. The summed E-state index contributed by atoms with van der Waals surface area (Å²) >= 11 is 0. The van der Waals surface area contributed by atoms with E-state index in [1.165, 1.54) is 5.56 Å². The highest BCUT2D eigenvalue weighted by molar-refractivity contribution is 6.13. The van der Waals surface area contributed by atoms with Crippen LogP contribution < -0.4 is 10.1 Å². The van der Waals surface area contributed by atoms with Crippen LogP contribution in [-0.2, 0) is 5.41 Å². The number of fused-ring (bicyclic) bond motifs is 1. The molecule has 1 amide bonds. The molecule has 3 aromatic rings. The maximum Gasteiger partial charge on any atom is 0.257 e. The van der Waals surface area contributed by atoms with Gasteiger partial charge in [0.2, 0.25) is 0 Å². The largest absolute Gasteiger partial charge is 0.497 e. The van der Waals surface area contributed by atoms with Gasteiger partial charge in [-0.25, -0.2) is 0 Å². The van der Waals surface area contributed by atoms with Gasteiger partial charge in [-0.2, -0.15) is 0 Å². The summed E-state index contributed by atoms with van der Waals surface area (Å²) in [5.41, 5.74) is 3.62. The molecule has 0 aliphatic rings. The van der Waals surface area contributed by atoms with E-state index in [1.807, 2.05) is 42.5 Å². The fraction of sp³-hybridized carbons (Fsp3) is 0.250. The number of aromatic nitrogens is 1. The minimum absolute atomic E-state index is 0.0932. The number of benzene rings is 2. The van der Waals surface area contributed by atoms with Crippen molar-refractivity contribution in [3.8, 4) is 5.75 Å². The first-order valence-corrected chi connectivity index (χ1v) is 7.95. The maximum atomic E-state index is 12.6. The van der Waals surface area contributed by atoms with E-state index in [4.69, 9.17) is 4.74 Å². The lowest BCUT2D eigenvalue weighted by Crippen LogP contribution is -2.13. The normalized spacial score (nSPS) is 11.5. The van der Waals surface area contributed by atoms with Crippen molar-refractivity contribution in [3.05, 3.63) is 59.8 Å². The third-order valence-corrected chi connectivity index (χ3v) is 4.14. The molecule has 0 aliphatic carbocycles. The lowest BCUT2D eigenvalue weighted by atomic mass is 9.87. The molecule has 24 heavy (non-hydrogen) atoms. The molecule has 2 N–H and O–H groups in total. The van der Waals surface area contributed by atoms with Crippen LogP contribution in [0.5, 0.6) is 5.75 Å². The van der Waals surface area contributed by atoms with Gasteiger partial charge in [-0.05, 0) is 41.3 Å². The molecule has 0 aliphatic heterocycles. The number of methoxy groups -OCH3 is 1. The van der Waals surface area contributed by atoms with Gasteiger partial charge in [-0.1, -0.05) is 32.9 Å². The number of hydrogen-bond donors (Lipinski definition) is 2. The first-order valence-electron chi connectivity index (χ1n) is 7.95. The summed E-state index contributed by atoms with van der Waals surface area (Å²) in [5.74, 6) is 0.587. The Kier molecular flexibility index (Phi) is 4.06. The van der Waals surface area contributed by atoms with E-state index in [0.717, 1.165) is 22.3 Å². The van der Waals surface area contributed by atoms with Crippen LogP contribution in [0.4, 0.5) is 5.69 Å². The van der Waals surface area contributed by atoms with Gasteiger partial charge in [-0.15, -0.1) is 0 Å². The summed E-state index contributed by atoms with van der Waals surface area (Å²) < 4.78 is 5.24. The third-order valence-electron chi connectivity index (χ3n) is 4.14. The zero-order valence-corrected chi connectivity index (χ0v) is 14.4. The van der Waals surface area contributed by atoms with Crippen LogP contribution in [0.1, 0.15) is 36.7 Å². The minimum atomic E-state index is -0.141. The van der Waals surface area contributed by atoms with E-state index in [1.54, 1.807) is 13.3 Å². The molecule has 0 fully saturated rings. The summed E-state index contributed by atoms with van der Waals surface area (Å²) in [6.07, 6.45) is 1.73. The maximum absolute atomic E-state index is 12.6. The second-order valence-electron chi connectivity index (χ2n) is 6.90. The number of H-pyrrole nitrogens is 1. The van der Waals surface area contributed by atoms with Gasteiger partial charge >= 0.3 is 0 Å². The Hall–Kier alpha value is -2.75. The molecule has 0 saturated carbocycles. The van der Waals surface area contributed by atoms with Gasteiger partial charge < -0.3 is 15.0 Å². The molecule has 0 spiro atoms. The number of nitrogens with one attached hydrogen (secondary N) is 2. The number of amides is 1. The van der Waals surface area contributed by atoms with Crippen LogP contribution >= 0.6 is 0 Å². The van der Waals surface area contributed by atoms with Gasteiger partial charge in [0.25, 0.3) is 5.91 Å². The van der Waals surface area contributed by atoms with Crippen molar-refractivity contribution in [2.75, 3.05) is 12.4 Å². The minimum Gasteiger partial charge on any atom is -0.497 e. The van der Waals surface area contributed by atoms with Crippen LogP contribution in [0.15, 0.2) is 48.7 Å². The number of aromatic amines is 1. The Bertz CT molecular complexity index is 871. The van der Waals surface area contributed by atoms with Crippen molar-refractivity contribution >= 4 is 22.5 Å². The Morgan fingerprint density at radius 2 is 1.79 bits per heavy atom. The van der Waals surface area contributed by atoms with E-state index >= 15 is 0 Å². The standard InChI is InChI=1S/C20H22N2O2/c1-20(2,3)13-5-7-14(8-6-13)22-19(23)17-12-21-18-10-9-15(24-4)11-16(17)18/h5-12,21H,1-4H3,(H,22,23). The highest BCUT2D eigenvalue weighted by Gasteiger charge is 2.15. The Balaban J connectivity index is 1.85. The summed E-state index contributed by atoms with van der Waals surface area (Å²) in [7, 11) is 1.62. The lowest BCUT2D eigenvalue weighted by Gasteiger charge is -2.19. The zero-order chi connectivity index (χ0) is 17.3. The summed E-state index contributed by atoms with van der Waals surface area (Å²) in [6.45, 7) is 6.50. The summed E-state index contributed by atoms with van der Waals surface area (Å²) in [6, 6.07) is 13.6. The van der Waals surface area contributed by atoms with Crippen LogP contribution in [0.3, 0.4) is 0 Å². The van der Waals surface area contributed by atoms with Crippen molar-refractivity contribution in [2.24, 2.45) is 0 Å². The van der Waals surface area contributed by atoms with Gasteiger partial charge in [0.05, 0.1) is 12.7 Å². The molecule has 0 unspecified atom stereocenters. The molecular formula is C20H22N2O2. The first-order chi connectivity index (χ1) is 11.4. The number of ether oxygens (including phenoxy) is 1. The lowest BCUT2D eigenvalue weighted by molar-refractivity contribution is 0.102. The predicted octanol–water partition coefficient (Wildman–Crippen LogP) is 4.73. The van der Waals surface area contributed by atoms with E-state index in [2.05, 4.69) is 31.1 Å². The van der Waals surface area contributed by atoms with E-state index in [9.17, 15) is 4.79 Å². The highest BCUT2D eigenvalue weighted by atomic mass is 16.5. The number of rotatable bonds is 3. The van der Waals surface area contributed by atoms with Crippen molar-refractivity contribution in [3.63, 3.8) is 0 Å². The van der Waals surface area contributed by atoms with Crippen LogP contribution in [0.2, 0.25) is 0 Å². The van der Waals surface area contributed by atoms with Crippen molar-refractivity contribution in [2.45, 2.75) is 26.2 Å². The zero-order valence-electron chi connectivity index (χ0n) is 14.4. The Morgan fingerprint density at radius 1 is 1.08 bits per heavy atom. The topological polar surface area (TPSA) is 54.1 Å². The van der Waals surface area contributed by atoms with Crippen LogP contribution in [0, 0.1) is 0 Å². The number of anilines is 1. The SMILES string of the molecule is COc1ccc2[nH]cc(C(=O)Nc3ccc(C(C)(C)C)cc3)c2c1. The molecule has 4 heteroatoms. The van der Waals surface area contributed by atoms with Crippen molar-refractivity contribution in [1.82, 2.24) is 4.98 Å². The molecule has 124 valence electrons. The Labute approximate surface area is 141 Å². The smallest absolute Gasteiger partial charge is 0.257 e. The second kappa shape index (κ2) is 6.04. The summed E-state index contributed by atoms with van der Waals surface area (Å²) in [4.78, 5) is 15.7. The molecule has 2 aromatic carbocycles. The monoisotopic (exact) mass is 322 g/mol. The average Bonchev–Trinajstić information content (AvgIpc) is 2.97. The van der Waals surface area contributed by atoms with Gasteiger partial charge in [0.1, 0.15) is 5.75 Å². The molecule has 3 rings (SSSR count). The van der Waals surface area contributed by atoms with E-state index < -0.39 is 0 Å².